The zero-order chi connectivity index (χ0) is 23.8. The van der Waals surface area contributed by atoms with Gasteiger partial charge in [-0.15, -0.1) is 0 Å². The van der Waals surface area contributed by atoms with E-state index < -0.39 is 5.76 Å². The fourth-order valence-corrected chi connectivity index (χ4v) is 4.17. The number of hydrogen-bond acceptors (Lipinski definition) is 9. The molecule has 0 aliphatic carbocycles. The number of fused-ring (bicyclic) bond motifs is 1. The Hall–Kier alpha value is -3.92. The third-order valence-electron chi connectivity index (χ3n) is 6.25. The van der Waals surface area contributed by atoms with E-state index in [4.69, 9.17) is 4.42 Å². The maximum absolute atomic E-state index is 11.4. The minimum Gasteiger partial charge on any atom is -0.408 e. The van der Waals surface area contributed by atoms with Gasteiger partial charge in [-0.05, 0) is 58.2 Å². The number of benzene rings is 1. The summed E-state index contributed by atoms with van der Waals surface area (Å²) in [5.74, 6) is 1.61. The van der Waals surface area contributed by atoms with Crippen LogP contribution in [-0.2, 0) is 0 Å². The van der Waals surface area contributed by atoms with Crippen molar-refractivity contribution in [2.45, 2.75) is 32.9 Å². The average Bonchev–Trinajstić information content (AvgIpc) is 3.18. The number of rotatable bonds is 5. The van der Waals surface area contributed by atoms with Crippen LogP contribution >= 0.6 is 0 Å². The van der Waals surface area contributed by atoms with Gasteiger partial charge in [0.1, 0.15) is 11.6 Å². The van der Waals surface area contributed by atoms with Crippen molar-refractivity contribution >= 4 is 40.1 Å². The molecule has 10 heteroatoms. The van der Waals surface area contributed by atoms with Crippen molar-refractivity contribution in [3.63, 3.8) is 0 Å². The van der Waals surface area contributed by atoms with E-state index in [1.54, 1.807) is 18.3 Å². The van der Waals surface area contributed by atoms with Crippen molar-refractivity contribution < 1.29 is 4.42 Å². The number of aromatic nitrogens is 4. The molecule has 4 aromatic rings. The van der Waals surface area contributed by atoms with E-state index in [1.807, 2.05) is 31.3 Å². The molecule has 3 aromatic heterocycles. The topological polar surface area (TPSA) is 115 Å². The molecule has 0 saturated carbocycles. The number of aryl methyl sites for hydroxylation is 1. The maximum atomic E-state index is 11.4. The second-order valence-electron chi connectivity index (χ2n) is 8.90. The van der Waals surface area contributed by atoms with Crippen LogP contribution in [0.1, 0.15) is 19.4 Å². The SMILES string of the molecule is Cc1cnc(Nc2ccc(N3CC(C)N(C)CC3C)nc2)nc1Nc1ccc2oc(=O)[nH]c2c1. The van der Waals surface area contributed by atoms with Crippen LogP contribution in [-0.4, -0.2) is 57.1 Å². The molecule has 1 saturated heterocycles. The van der Waals surface area contributed by atoms with Gasteiger partial charge >= 0.3 is 5.76 Å². The minimum absolute atomic E-state index is 0.403. The van der Waals surface area contributed by atoms with Crippen LogP contribution in [0.3, 0.4) is 0 Å². The highest BCUT2D eigenvalue weighted by molar-refractivity contribution is 5.78. The molecule has 1 aliphatic rings. The smallest absolute Gasteiger partial charge is 0.408 e. The molecule has 0 radical (unpaired) electrons. The largest absolute Gasteiger partial charge is 0.417 e. The number of nitrogens with zero attached hydrogens (tertiary/aromatic N) is 5. The van der Waals surface area contributed by atoms with Crippen LogP contribution in [0.5, 0.6) is 0 Å². The van der Waals surface area contributed by atoms with Crippen molar-refractivity contribution in [3.8, 4) is 0 Å². The molecule has 10 nitrogen and oxygen atoms in total. The van der Waals surface area contributed by atoms with Gasteiger partial charge in [0.15, 0.2) is 5.58 Å². The van der Waals surface area contributed by atoms with E-state index in [0.717, 1.165) is 35.8 Å². The van der Waals surface area contributed by atoms with Crippen LogP contribution < -0.4 is 21.3 Å². The van der Waals surface area contributed by atoms with E-state index in [2.05, 4.69) is 61.3 Å². The lowest BCUT2D eigenvalue weighted by atomic mass is 10.1. The Morgan fingerprint density at radius 3 is 2.65 bits per heavy atom. The van der Waals surface area contributed by atoms with E-state index in [-0.39, 0.29) is 0 Å². The number of anilines is 5. The molecule has 2 atom stereocenters. The summed E-state index contributed by atoms with van der Waals surface area (Å²) >= 11 is 0. The predicted octanol–water partition coefficient (Wildman–Crippen LogP) is 3.63. The Balaban J connectivity index is 1.31. The Morgan fingerprint density at radius 1 is 1.03 bits per heavy atom. The van der Waals surface area contributed by atoms with Gasteiger partial charge in [-0.2, -0.15) is 4.98 Å². The van der Waals surface area contributed by atoms with Crippen LogP contribution in [0, 0.1) is 6.92 Å². The van der Waals surface area contributed by atoms with Crippen LogP contribution in [0.25, 0.3) is 11.1 Å². The van der Waals surface area contributed by atoms with Crippen molar-refractivity contribution in [1.29, 1.82) is 0 Å². The lowest BCUT2D eigenvalue weighted by Crippen LogP contribution is -2.55. The quantitative estimate of drug-likeness (QED) is 0.411. The monoisotopic (exact) mass is 460 g/mol. The zero-order valence-corrected chi connectivity index (χ0v) is 19.7. The summed E-state index contributed by atoms with van der Waals surface area (Å²) in [6.07, 6.45) is 3.57. The van der Waals surface area contributed by atoms with Gasteiger partial charge in [0, 0.05) is 42.6 Å². The number of H-pyrrole nitrogens is 1. The number of aromatic amines is 1. The van der Waals surface area contributed by atoms with Gasteiger partial charge in [-0.1, -0.05) is 0 Å². The van der Waals surface area contributed by atoms with Gasteiger partial charge in [0.2, 0.25) is 5.95 Å². The molecule has 2 unspecified atom stereocenters. The van der Waals surface area contributed by atoms with Gasteiger partial charge < -0.3 is 20.0 Å². The zero-order valence-electron chi connectivity index (χ0n) is 19.7. The molecule has 1 aromatic carbocycles. The van der Waals surface area contributed by atoms with E-state index >= 15 is 0 Å². The number of pyridine rings is 1. The average molecular weight is 461 g/mol. The maximum Gasteiger partial charge on any atom is 0.417 e. The molecule has 1 aliphatic heterocycles. The molecule has 34 heavy (non-hydrogen) atoms. The van der Waals surface area contributed by atoms with Crippen molar-refractivity contribution in [2.24, 2.45) is 0 Å². The molecule has 176 valence electrons. The Bertz CT molecular complexity index is 1360. The van der Waals surface area contributed by atoms with E-state index in [1.165, 1.54) is 0 Å². The number of piperazine rings is 1. The summed E-state index contributed by atoms with van der Waals surface area (Å²) in [7, 11) is 2.17. The fraction of sp³-hybridized carbons (Fsp3) is 0.333. The Kier molecular flexibility index (Phi) is 5.66. The number of likely N-dealkylation sites (N-methyl/N-ethyl adjacent to an activating group) is 1. The first kappa shape index (κ1) is 21.9. The lowest BCUT2D eigenvalue weighted by molar-refractivity contribution is 0.205. The second-order valence-corrected chi connectivity index (χ2v) is 8.90. The van der Waals surface area contributed by atoms with Crippen molar-refractivity contribution in [3.05, 3.63) is 58.8 Å². The molecule has 0 spiro atoms. The molecule has 1 fully saturated rings. The Morgan fingerprint density at radius 2 is 1.85 bits per heavy atom. The summed E-state index contributed by atoms with van der Waals surface area (Å²) in [4.78, 5) is 32.5. The highest BCUT2D eigenvalue weighted by Crippen LogP contribution is 2.25. The standard InChI is InChI=1S/C24H28N8O2/c1-14-10-26-23(30-22(14)27-17-5-7-20-19(9-17)29-24(33)34-20)28-18-6-8-21(25-11-18)32-13-15(2)31(4)12-16(32)3/h5-11,15-16H,12-13H2,1-4H3,(H,29,33)(H2,26,27,28,30). The summed E-state index contributed by atoms with van der Waals surface area (Å²) in [5.41, 5.74) is 3.60. The van der Waals surface area contributed by atoms with Gasteiger partial charge in [-0.3, -0.25) is 9.88 Å². The molecule has 0 amide bonds. The molecule has 4 heterocycles. The normalized spacial score (nSPS) is 18.9. The summed E-state index contributed by atoms with van der Waals surface area (Å²) in [5, 5.41) is 6.52. The fourth-order valence-electron chi connectivity index (χ4n) is 4.17. The van der Waals surface area contributed by atoms with E-state index in [9.17, 15) is 4.79 Å². The molecule has 0 bridgehead atoms. The van der Waals surface area contributed by atoms with Crippen molar-refractivity contribution in [2.75, 3.05) is 35.7 Å². The van der Waals surface area contributed by atoms with Gasteiger partial charge in [0.25, 0.3) is 0 Å². The summed E-state index contributed by atoms with van der Waals surface area (Å²) < 4.78 is 5.06. The highest BCUT2D eigenvalue weighted by atomic mass is 16.4. The summed E-state index contributed by atoms with van der Waals surface area (Å²) in [6.45, 7) is 8.36. The first-order valence-electron chi connectivity index (χ1n) is 11.3. The highest BCUT2D eigenvalue weighted by Gasteiger charge is 2.27. The first-order chi connectivity index (χ1) is 16.4. The second kappa shape index (κ2) is 8.79. The number of nitrogens with one attached hydrogen (secondary N) is 3. The predicted molar refractivity (Wildman–Crippen MR) is 133 cm³/mol. The number of oxazole rings is 1. The van der Waals surface area contributed by atoms with Crippen LogP contribution in [0.4, 0.5) is 29.0 Å². The van der Waals surface area contributed by atoms with Gasteiger partial charge in [-0.25, -0.2) is 14.8 Å². The third kappa shape index (κ3) is 4.44. The van der Waals surface area contributed by atoms with E-state index in [0.29, 0.717) is 34.9 Å². The third-order valence-corrected chi connectivity index (χ3v) is 6.25. The van der Waals surface area contributed by atoms with Gasteiger partial charge in [0.05, 0.1) is 17.4 Å². The first-order valence-corrected chi connectivity index (χ1v) is 11.3. The molecular formula is C24H28N8O2. The Labute approximate surface area is 197 Å². The van der Waals surface area contributed by atoms with Crippen LogP contribution in [0.15, 0.2) is 51.9 Å². The van der Waals surface area contributed by atoms with Crippen LogP contribution in [0.2, 0.25) is 0 Å². The molecular weight excluding hydrogens is 432 g/mol. The van der Waals surface area contributed by atoms with Crippen molar-refractivity contribution in [1.82, 2.24) is 24.8 Å². The summed E-state index contributed by atoms with van der Waals surface area (Å²) in [6, 6.07) is 10.3. The molecule has 5 rings (SSSR count). The minimum atomic E-state index is -0.479. The molecule has 3 N–H and O–H groups in total. The lowest BCUT2D eigenvalue weighted by Gasteiger charge is -2.43. The number of hydrogen-bond donors (Lipinski definition) is 3.